The van der Waals surface area contributed by atoms with Crippen molar-refractivity contribution in [1.29, 1.82) is 0 Å². The van der Waals surface area contributed by atoms with Crippen molar-refractivity contribution in [3.05, 3.63) is 12.2 Å². The van der Waals surface area contributed by atoms with Gasteiger partial charge in [-0.2, -0.15) is 0 Å². The molecule has 1 aliphatic rings. The van der Waals surface area contributed by atoms with Crippen LogP contribution in [0.25, 0.3) is 0 Å². The van der Waals surface area contributed by atoms with Gasteiger partial charge in [0, 0.05) is 12.5 Å². The molecule has 0 spiro atoms. The molecule has 0 aliphatic heterocycles. The largest absolute Gasteiger partial charge is 0.480 e. The maximum Gasteiger partial charge on any atom is 0.326 e. The third kappa shape index (κ3) is 5.41. The van der Waals surface area contributed by atoms with Crippen LogP contribution in [0.2, 0.25) is 0 Å². The second-order valence-corrected chi connectivity index (χ2v) is 4.26. The van der Waals surface area contributed by atoms with E-state index in [0.717, 1.165) is 12.8 Å². The van der Waals surface area contributed by atoms with Gasteiger partial charge in [-0.3, -0.25) is 4.79 Å². The number of ether oxygens (including phenoxy) is 1. The first kappa shape index (κ1) is 15.0. The van der Waals surface area contributed by atoms with Crippen molar-refractivity contribution in [2.24, 2.45) is 0 Å². The predicted octanol–water partition coefficient (Wildman–Crippen LogP) is 0.411. The van der Waals surface area contributed by atoms with Crippen LogP contribution in [0.3, 0.4) is 0 Å². The van der Waals surface area contributed by atoms with Gasteiger partial charge >= 0.3 is 18.0 Å². The quantitative estimate of drug-likeness (QED) is 0.479. The predicted molar refractivity (Wildman–Crippen MR) is 66.5 cm³/mol. The number of carbonyl (C=O) groups is 3. The van der Waals surface area contributed by atoms with Crippen LogP contribution in [0, 0.1) is 0 Å². The molecule has 0 heterocycles. The molecule has 106 valence electrons. The van der Waals surface area contributed by atoms with Crippen molar-refractivity contribution in [1.82, 2.24) is 10.6 Å². The van der Waals surface area contributed by atoms with E-state index in [-0.39, 0.29) is 18.9 Å². The number of carboxylic acids is 1. The topological polar surface area (TPSA) is 105 Å². The van der Waals surface area contributed by atoms with Crippen LogP contribution in [-0.4, -0.2) is 42.3 Å². The zero-order valence-corrected chi connectivity index (χ0v) is 10.7. The fourth-order valence-corrected chi connectivity index (χ4v) is 1.74. The monoisotopic (exact) mass is 270 g/mol. The van der Waals surface area contributed by atoms with E-state index in [2.05, 4.69) is 15.4 Å². The molecular formula is C12H18N2O5. The van der Waals surface area contributed by atoms with Gasteiger partial charge < -0.3 is 20.5 Å². The van der Waals surface area contributed by atoms with E-state index in [0.29, 0.717) is 0 Å². The van der Waals surface area contributed by atoms with Gasteiger partial charge in [0.15, 0.2) is 0 Å². The first-order valence-electron chi connectivity index (χ1n) is 6.04. The molecule has 0 saturated heterocycles. The van der Waals surface area contributed by atoms with Crippen molar-refractivity contribution in [3.8, 4) is 0 Å². The normalized spacial score (nSPS) is 15.8. The molecule has 2 amide bonds. The molecule has 0 fully saturated rings. The smallest absolute Gasteiger partial charge is 0.326 e. The van der Waals surface area contributed by atoms with Gasteiger partial charge in [0.2, 0.25) is 0 Å². The number of nitrogens with one attached hydrogen (secondary N) is 2. The summed E-state index contributed by atoms with van der Waals surface area (Å²) in [7, 11) is 1.23. The average Bonchev–Trinajstić information content (AvgIpc) is 2.86. The lowest BCUT2D eigenvalue weighted by molar-refractivity contribution is -0.142. The number of carboxylic acid groups (broad SMARTS) is 1. The van der Waals surface area contributed by atoms with Crippen LogP contribution < -0.4 is 10.6 Å². The highest BCUT2D eigenvalue weighted by Gasteiger charge is 2.22. The summed E-state index contributed by atoms with van der Waals surface area (Å²) in [6.07, 6.45) is 5.34. The lowest BCUT2D eigenvalue weighted by Gasteiger charge is -2.17. The van der Waals surface area contributed by atoms with Crippen LogP contribution in [-0.2, 0) is 14.3 Å². The Kier molecular flexibility index (Phi) is 5.84. The summed E-state index contributed by atoms with van der Waals surface area (Å²) in [5, 5.41) is 14.0. The van der Waals surface area contributed by atoms with E-state index < -0.39 is 24.0 Å². The number of carbonyl (C=O) groups excluding carboxylic acids is 2. The standard InChI is InChI=1S/C12H18N2O5/c1-19-10(15)7-6-9(11(16)17)14-12(18)13-8-4-2-3-5-8/h2-3,8-9H,4-7H2,1H3,(H,16,17)(H2,13,14,18)/t9-/m0/s1. The van der Waals surface area contributed by atoms with Crippen molar-refractivity contribution in [2.75, 3.05) is 7.11 Å². The lowest BCUT2D eigenvalue weighted by atomic mass is 10.1. The first-order valence-corrected chi connectivity index (χ1v) is 6.04. The van der Waals surface area contributed by atoms with E-state index in [9.17, 15) is 14.4 Å². The fraction of sp³-hybridized carbons (Fsp3) is 0.583. The third-order valence-electron chi connectivity index (χ3n) is 2.81. The van der Waals surface area contributed by atoms with E-state index in [1.165, 1.54) is 7.11 Å². The molecule has 1 atom stereocenters. The highest BCUT2D eigenvalue weighted by molar-refractivity contribution is 5.83. The highest BCUT2D eigenvalue weighted by atomic mass is 16.5. The summed E-state index contributed by atoms with van der Waals surface area (Å²) >= 11 is 0. The molecule has 0 radical (unpaired) electrons. The second-order valence-electron chi connectivity index (χ2n) is 4.26. The van der Waals surface area contributed by atoms with Crippen molar-refractivity contribution >= 4 is 18.0 Å². The van der Waals surface area contributed by atoms with E-state index in [1.54, 1.807) is 0 Å². The molecule has 7 heteroatoms. The molecule has 7 nitrogen and oxygen atoms in total. The number of aliphatic carboxylic acids is 1. The molecule has 0 aromatic rings. The maximum absolute atomic E-state index is 11.6. The highest BCUT2D eigenvalue weighted by Crippen LogP contribution is 2.08. The summed E-state index contributed by atoms with van der Waals surface area (Å²) < 4.78 is 4.42. The zero-order chi connectivity index (χ0) is 14.3. The van der Waals surface area contributed by atoms with E-state index in [1.807, 2.05) is 12.2 Å². The number of amides is 2. The summed E-state index contributed by atoms with van der Waals surface area (Å²) in [6, 6.07) is -1.63. The number of hydrogen-bond donors (Lipinski definition) is 3. The Balaban J connectivity index is 2.37. The Morgan fingerprint density at radius 1 is 1.37 bits per heavy atom. The lowest BCUT2D eigenvalue weighted by Crippen LogP contribution is -2.48. The summed E-state index contributed by atoms with van der Waals surface area (Å²) in [5.74, 6) is -1.68. The molecule has 0 aromatic heterocycles. The van der Waals surface area contributed by atoms with Gasteiger partial charge in [-0.15, -0.1) is 0 Å². The Bertz CT molecular complexity index is 372. The summed E-state index contributed by atoms with van der Waals surface area (Å²) in [5.41, 5.74) is 0. The maximum atomic E-state index is 11.6. The zero-order valence-electron chi connectivity index (χ0n) is 10.7. The minimum absolute atomic E-state index is 0.00164. The van der Waals surface area contributed by atoms with Gasteiger partial charge in [0.25, 0.3) is 0 Å². The van der Waals surface area contributed by atoms with Gasteiger partial charge in [-0.05, 0) is 19.3 Å². The Morgan fingerprint density at radius 2 is 2.00 bits per heavy atom. The molecule has 19 heavy (non-hydrogen) atoms. The van der Waals surface area contributed by atoms with Gasteiger partial charge in [-0.25, -0.2) is 9.59 Å². The number of esters is 1. The van der Waals surface area contributed by atoms with Crippen LogP contribution >= 0.6 is 0 Å². The van der Waals surface area contributed by atoms with Crippen LogP contribution in [0.15, 0.2) is 12.2 Å². The Labute approximate surface area is 111 Å². The molecule has 1 aliphatic carbocycles. The number of hydrogen-bond acceptors (Lipinski definition) is 4. The molecule has 0 saturated carbocycles. The van der Waals surface area contributed by atoms with Crippen LogP contribution in [0.4, 0.5) is 4.79 Å². The molecule has 0 aromatic carbocycles. The number of urea groups is 1. The Morgan fingerprint density at radius 3 is 2.53 bits per heavy atom. The van der Waals surface area contributed by atoms with Crippen LogP contribution in [0.1, 0.15) is 25.7 Å². The molecule has 0 bridgehead atoms. The molecular weight excluding hydrogens is 252 g/mol. The van der Waals surface area contributed by atoms with Gasteiger partial charge in [0.05, 0.1) is 7.11 Å². The SMILES string of the molecule is COC(=O)CC[C@H](NC(=O)NC1CC=CC1)C(=O)O. The number of rotatable bonds is 6. The van der Waals surface area contributed by atoms with E-state index in [4.69, 9.17) is 5.11 Å². The average molecular weight is 270 g/mol. The van der Waals surface area contributed by atoms with Gasteiger partial charge in [-0.1, -0.05) is 12.2 Å². The fourth-order valence-electron chi connectivity index (χ4n) is 1.74. The molecule has 1 rings (SSSR count). The minimum atomic E-state index is -1.18. The van der Waals surface area contributed by atoms with Crippen molar-refractivity contribution in [2.45, 2.75) is 37.8 Å². The van der Waals surface area contributed by atoms with Crippen molar-refractivity contribution < 1.29 is 24.2 Å². The third-order valence-corrected chi connectivity index (χ3v) is 2.81. The molecule has 3 N–H and O–H groups in total. The Hall–Kier alpha value is -2.05. The van der Waals surface area contributed by atoms with E-state index >= 15 is 0 Å². The number of methoxy groups -OCH3 is 1. The summed E-state index contributed by atoms with van der Waals surface area (Å²) in [6.45, 7) is 0. The first-order chi connectivity index (χ1) is 9.02. The second kappa shape index (κ2) is 7.40. The van der Waals surface area contributed by atoms with Gasteiger partial charge in [0.1, 0.15) is 6.04 Å². The van der Waals surface area contributed by atoms with Crippen LogP contribution in [0.5, 0.6) is 0 Å². The summed E-state index contributed by atoms with van der Waals surface area (Å²) in [4.78, 5) is 33.5. The van der Waals surface area contributed by atoms with Crippen molar-refractivity contribution in [3.63, 3.8) is 0 Å². The molecule has 0 unspecified atom stereocenters. The minimum Gasteiger partial charge on any atom is -0.480 e.